The van der Waals surface area contributed by atoms with E-state index in [4.69, 9.17) is 22.1 Å². The first kappa shape index (κ1) is 15.4. The lowest BCUT2D eigenvalue weighted by molar-refractivity contribution is 0.182. The van der Waals surface area contributed by atoms with E-state index in [1.54, 1.807) is 30.1 Å². The van der Waals surface area contributed by atoms with Crippen molar-refractivity contribution >= 4 is 27.5 Å². The van der Waals surface area contributed by atoms with Crippen LogP contribution in [-0.2, 0) is 11.3 Å². The minimum atomic E-state index is -0.711. The van der Waals surface area contributed by atoms with E-state index < -0.39 is 11.9 Å². The Morgan fingerprint density at radius 2 is 2.30 bits per heavy atom. The van der Waals surface area contributed by atoms with Crippen LogP contribution < -0.4 is 5.73 Å². The zero-order valence-corrected chi connectivity index (χ0v) is 13.2. The maximum absolute atomic E-state index is 14.0. The molecule has 20 heavy (non-hydrogen) atoms. The topological polar surface area (TPSA) is 53.1 Å². The lowest BCUT2D eigenvalue weighted by Gasteiger charge is -2.17. The summed E-state index contributed by atoms with van der Waals surface area (Å²) in [7, 11) is 1.60. The Labute approximate surface area is 129 Å². The van der Waals surface area contributed by atoms with Gasteiger partial charge in [0.2, 0.25) is 0 Å². The Hall–Kier alpha value is -0.950. The quantitative estimate of drug-likeness (QED) is 0.889. The van der Waals surface area contributed by atoms with Crippen molar-refractivity contribution in [2.45, 2.75) is 12.6 Å². The average Bonchev–Trinajstić information content (AvgIpc) is 2.77. The number of benzene rings is 1. The highest BCUT2D eigenvalue weighted by molar-refractivity contribution is 9.10. The Bertz CT molecular complexity index is 585. The number of aromatic nitrogens is 2. The lowest BCUT2D eigenvalue weighted by atomic mass is 10.0. The SMILES string of the molecule is COCCn1ncc(Br)c1C(N)c1c(F)cccc1Cl. The average molecular weight is 363 g/mol. The summed E-state index contributed by atoms with van der Waals surface area (Å²) in [6, 6.07) is 3.79. The molecule has 2 aromatic rings. The van der Waals surface area contributed by atoms with Gasteiger partial charge >= 0.3 is 0 Å². The van der Waals surface area contributed by atoms with Gasteiger partial charge in [-0.2, -0.15) is 5.10 Å². The van der Waals surface area contributed by atoms with Gasteiger partial charge in [-0.15, -0.1) is 0 Å². The zero-order valence-electron chi connectivity index (χ0n) is 10.8. The molecule has 0 amide bonds. The molecule has 0 saturated carbocycles. The van der Waals surface area contributed by atoms with Crippen molar-refractivity contribution < 1.29 is 9.13 Å². The van der Waals surface area contributed by atoms with Crippen LogP contribution >= 0.6 is 27.5 Å². The van der Waals surface area contributed by atoms with E-state index in [2.05, 4.69) is 21.0 Å². The number of rotatable bonds is 5. The van der Waals surface area contributed by atoms with Crippen LogP contribution in [0.1, 0.15) is 17.3 Å². The van der Waals surface area contributed by atoms with Crippen molar-refractivity contribution in [3.05, 3.63) is 51.0 Å². The molecule has 2 rings (SSSR count). The van der Waals surface area contributed by atoms with Gasteiger partial charge in [0.15, 0.2) is 0 Å². The number of ether oxygens (including phenoxy) is 1. The lowest BCUT2D eigenvalue weighted by Crippen LogP contribution is -2.21. The fraction of sp³-hybridized carbons (Fsp3) is 0.308. The number of nitrogens with zero attached hydrogens (tertiary/aromatic N) is 2. The Morgan fingerprint density at radius 1 is 1.55 bits per heavy atom. The summed E-state index contributed by atoms with van der Waals surface area (Å²) < 4.78 is 21.4. The summed E-state index contributed by atoms with van der Waals surface area (Å²) >= 11 is 9.45. The Balaban J connectivity index is 2.43. The first-order valence-corrected chi connectivity index (χ1v) is 7.13. The molecular weight excluding hydrogens is 349 g/mol. The summed E-state index contributed by atoms with van der Waals surface area (Å²) in [5, 5.41) is 4.50. The van der Waals surface area contributed by atoms with Gasteiger partial charge in [0.1, 0.15) is 5.82 Å². The molecule has 0 radical (unpaired) electrons. The predicted octanol–water partition coefficient (Wildman–Crippen LogP) is 3.13. The van der Waals surface area contributed by atoms with E-state index in [9.17, 15) is 4.39 Å². The van der Waals surface area contributed by atoms with Gasteiger partial charge in [-0.3, -0.25) is 4.68 Å². The Kier molecular flexibility index (Phi) is 5.15. The van der Waals surface area contributed by atoms with Crippen molar-refractivity contribution in [3.63, 3.8) is 0 Å². The molecule has 1 aromatic heterocycles. The standard InChI is InChI=1S/C13H14BrClFN3O/c1-20-6-5-19-13(8(14)7-18-19)12(17)11-9(15)3-2-4-10(11)16/h2-4,7,12H,5-6,17H2,1H3. The molecule has 1 unspecified atom stereocenters. The summed E-state index contributed by atoms with van der Waals surface area (Å²) in [6.45, 7) is 1.01. The van der Waals surface area contributed by atoms with Gasteiger partial charge < -0.3 is 10.5 Å². The van der Waals surface area contributed by atoms with Gasteiger partial charge in [-0.05, 0) is 28.1 Å². The zero-order chi connectivity index (χ0) is 14.7. The molecule has 0 spiro atoms. The predicted molar refractivity (Wildman–Crippen MR) is 79.2 cm³/mol. The van der Waals surface area contributed by atoms with Gasteiger partial charge in [-0.25, -0.2) is 4.39 Å². The van der Waals surface area contributed by atoms with Crippen molar-refractivity contribution in [2.24, 2.45) is 5.73 Å². The van der Waals surface area contributed by atoms with Crippen molar-refractivity contribution in [1.82, 2.24) is 9.78 Å². The highest BCUT2D eigenvalue weighted by Crippen LogP contribution is 2.32. The number of hydrogen-bond acceptors (Lipinski definition) is 3. The minimum absolute atomic E-state index is 0.258. The van der Waals surface area contributed by atoms with Crippen LogP contribution in [0.25, 0.3) is 0 Å². The molecule has 7 heteroatoms. The maximum atomic E-state index is 14.0. The van der Waals surface area contributed by atoms with Gasteiger partial charge in [0.05, 0.1) is 35.6 Å². The van der Waals surface area contributed by atoms with Crippen molar-refractivity contribution in [1.29, 1.82) is 0 Å². The molecule has 1 aromatic carbocycles. The molecule has 4 nitrogen and oxygen atoms in total. The minimum Gasteiger partial charge on any atom is -0.383 e. The monoisotopic (exact) mass is 361 g/mol. The second-order valence-electron chi connectivity index (χ2n) is 4.21. The van der Waals surface area contributed by atoms with Gasteiger partial charge in [0, 0.05) is 17.7 Å². The van der Waals surface area contributed by atoms with Crippen LogP contribution in [0, 0.1) is 5.82 Å². The van der Waals surface area contributed by atoms with Gasteiger partial charge in [-0.1, -0.05) is 17.7 Å². The highest BCUT2D eigenvalue weighted by Gasteiger charge is 2.23. The van der Waals surface area contributed by atoms with E-state index in [0.717, 1.165) is 0 Å². The fourth-order valence-electron chi connectivity index (χ4n) is 1.98. The second-order valence-corrected chi connectivity index (χ2v) is 5.47. The number of nitrogens with two attached hydrogens (primary N) is 1. The van der Waals surface area contributed by atoms with Crippen LogP contribution in [0.4, 0.5) is 4.39 Å². The molecule has 0 saturated heterocycles. The van der Waals surface area contributed by atoms with E-state index in [0.29, 0.717) is 28.3 Å². The van der Waals surface area contributed by atoms with Crippen molar-refractivity contribution in [2.75, 3.05) is 13.7 Å². The normalized spacial score (nSPS) is 12.7. The molecule has 1 atom stereocenters. The van der Waals surface area contributed by atoms with E-state index in [1.165, 1.54) is 6.07 Å². The molecule has 108 valence electrons. The van der Waals surface area contributed by atoms with Crippen LogP contribution in [0.15, 0.2) is 28.9 Å². The van der Waals surface area contributed by atoms with Crippen LogP contribution in [0.3, 0.4) is 0 Å². The van der Waals surface area contributed by atoms with E-state index >= 15 is 0 Å². The summed E-state index contributed by atoms with van der Waals surface area (Å²) in [5.74, 6) is -0.434. The first-order valence-electron chi connectivity index (χ1n) is 5.96. The van der Waals surface area contributed by atoms with E-state index in [-0.39, 0.29) is 5.56 Å². The van der Waals surface area contributed by atoms with Gasteiger partial charge in [0.25, 0.3) is 0 Å². The Morgan fingerprint density at radius 3 is 2.95 bits per heavy atom. The van der Waals surface area contributed by atoms with E-state index in [1.807, 2.05) is 0 Å². The molecule has 1 heterocycles. The maximum Gasteiger partial charge on any atom is 0.129 e. The molecule has 0 aliphatic carbocycles. The molecule has 2 N–H and O–H groups in total. The van der Waals surface area contributed by atoms with Crippen molar-refractivity contribution in [3.8, 4) is 0 Å². The van der Waals surface area contributed by atoms with Crippen LogP contribution in [-0.4, -0.2) is 23.5 Å². The summed E-state index contributed by atoms with van der Waals surface area (Å²) in [4.78, 5) is 0. The molecule has 0 bridgehead atoms. The highest BCUT2D eigenvalue weighted by atomic mass is 79.9. The largest absolute Gasteiger partial charge is 0.383 e. The third kappa shape index (κ3) is 3.03. The molecule has 0 aliphatic rings. The summed E-state index contributed by atoms with van der Waals surface area (Å²) in [6.07, 6.45) is 1.62. The third-order valence-corrected chi connectivity index (χ3v) is 3.89. The number of hydrogen-bond donors (Lipinski definition) is 1. The molecular formula is C13H14BrClFN3O. The smallest absolute Gasteiger partial charge is 0.129 e. The number of halogens is 3. The molecule has 0 fully saturated rings. The fourth-order valence-corrected chi connectivity index (χ4v) is 2.81. The molecule has 0 aliphatic heterocycles. The first-order chi connectivity index (χ1) is 9.56. The number of methoxy groups -OCH3 is 1. The van der Waals surface area contributed by atoms with Crippen LogP contribution in [0.2, 0.25) is 5.02 Å². The second kappa shape index (κ2) is 6.67. The third-order valence-electron chi connectivity index (χ3n) is 2.95. The summed E-state index contributed by atoms with van der Waals surface area (Å²) in [5.41, 5.74) is 7.10. The van der Waals surface area contributed by atoms with Crippen LogP contribution in [0.5, 0.6) is 0 Å².